The van der Waals surface area contributed by atoms with Gasteiger partial charge in [-0.1, -0.05) is 0 Å². The van der Waals surface area contributed by atoms with E-state index in [9.17, 15) is 19.3 Å². The van der Waals surface area contributed by atoms with Gasteiger partial charge in [0.15, 0.2) is 0 Å². The highest BCUT2D eigenvalue weighted by atomic mass is 31.2. The minimum absolute atomic E-state index is 0.00674. The maximum absolute atomic E-state index is 11.6. The molecule has 0 bridgehead atoms. The highest BCUT2D eigenvalue weighted by molar-refractivity contribution is 7.46. The van der Waals surface area contributed by atoms with Crippen LogP contribution in [0.15, 0.2) is 6.20 Å². The number of nitrogens with zero attached hydrogens (tertiary/aromatic N) is 1. The standard InChI is InChI=1S/C13H18NO8P/c1-8-13(18)11(4-2-10(15)3-5-12(16)17)9(6-14-8)7-22-23(19,20)21/h6,18H,2-5,7H2,1H3,(H,16,17)(H2,19,20,21). The Bertz CT molecular complexity index is 639. The minimum Gasteiger partial charge on any atom is -0.506 e. The van der Waals surface area contributed by atoms with Crippen molar-refractivity contribution in [3.05, 3.63) is 23.0 Å². The Kier molecular flexibility index (Phi) is 6.83. The average Bonchev–Trinajstić information content (AvgIpc) is 2.44. The van der Waals surface area contributed by atoms with Crippen LogP contribution in [0.2, 0.25) is 0 Å². The van der Waals surface area contributed by atoms with Crippen LogP contribution in [0.4, 0.5) is 0 Å². The summed E-state index contributed by atoms with van der Waals surface area (Å²) in [7, 11) is -4.68. The molecule has 0 saturated heterocycles. The van der Waals surface area contributed by atoms with Crippen molar-refractivity contribution in [1.82, 2.24) is 4.98 Å². The number of aromatic hydroxyl groups is 1. The van der Waals surface area contributed by atoms with Crippen molar-refractivity contribution in [3.8, 4) is 5.75 Å². The highest BCUT2D eigenvalue weighted by Gasteiger charge is 2.18. The van der Waals surface area contributed by atoms with Crippen molar-refractivity contribution in [3.63, 3.8) is 0 Å². The average molecular weight is 347 g/mol. The molecule has 0 aliphatic heterocycles. The molecular weight excluding hydrogens is 329 g/mol. The molecule has 0 unspecified atom stereocenters. The van der Waals surface area contributed by atoms with Gasteiger partial charge in [0.2, 0.25) is 0 Å². The lowest BCUT2D eigenvalue weighted by Gasteiger charge is -2.13. The molecule has 23 heavy (non-hydrogen) atoms. The number of carbonyl (C=O) groups is 2. The molecule has 0 aliphatic rings. The monoisotopic (exact) mass is 347 g/mol. The molecule has 1 rings (SSSR count). The van der Waals surface area contributed by atoms with E-state index in [0.29, 0.717) is 11.3 Å². The number of phosphoric ester groups is 1. The van der Waals surface area contributed by atoms with Crippen LogP contribution in [-0.4, -0.2) is 36.7 Å². The maximum atomic E-state index is 11.6. The van der Waals surface area contributed by atoms with Crippen LogP contribution in [-0.2, 0) is 31.7 Å². The van der Waals surface area contributed by atoms with Crippen LogP contribution >= 0.6 is 7.82 Å². The lowest BCUT2D eigenvalue weighted by atomic mass is 10.0. The first-order valence-corrected chi connectivity index (χ1v) is 8.23. The lowest BCUT2D eigenvalue weighted by molar-refractivity contribution is -0.138. The first-order valence-electron chi connectivity index (χ1n) is 6.70. The number of aliphatic carboxylic acids is 1. The van der Waals surface area contributed by atoms with E-state index in [4.69, 9.17) is 14.9 Å². The molecule has 0 aromatic carbocycles. The fourth-order valence-electron chi connectivity index (χ4n) is 1.88. The van der Waals surface area contributed by atoms with Gasteiger partial charge in [-0.05, 0) is 13.3 Å². The zero-order valence-corrected chi connectivity index (χ0v) is 13.3. The fraction of sp³-hybridized carbons (Fsp3) is 0.462. The van der Waals surface area contributed by atoms with Crippen molar-refractivity contribution < 1.29 is 38.7 Å². The summed E-state index contributed by atoms with van der Waals surface area (Å²) in [5.74, 6) is -1.54. The molecule has 4 N–H and O–H groups in total. The zero-order valence-electron chi connectivity index (χ0n) is 12.4. The third kappa shape index (κ3) is 6.87. The summed E-state index contributed by atoms with van der Waals surface area (Å²) < 4.78 is 15.2. The van der Waals surface area contributed by atoms with E-state index in [1.54, 1.807) is 6.92 Å². The van der Waals surface area contributed by atoms with E-state index >= 15 is 0 Å². The van der Waals surface area contributed by atoms with E-state index in [1.807, 2.05) is 0 Å². The molecular formula is C13H18NO8P. The number of carboxylic acid groups (broad SMARTS) is 1. The SMILES string of the molecule is Cc1ncc(COP(=O)(O)O)c(CCC(=O)CCC(=O)O)c1O. The summed E-state index contributed by atoms with van der Waals surface area (Å²) in [6, 6.07) is 0. The van der Waals surface area contributed by atoms with Gasteiger partial charge in [0, 0.05) is 30.2 Å². The Morgan fingerprint density at radius 2 is 1.91 bits per heavy atom. The van der Waals surface area contributed by atoms with Gasteiger partial charge in [-0.3, -0.25) is 19.1 Å². The van der Waals surface area contributed by atoms with Crippen LogP contribution in [0, 0.1) is 6.92 Å². The zero-order chi connectivity index (χ0) is 17.6. The molecule has 0 amide bonds. The van der Waals surface area contributed by atoms with E-state index < -0.39 is 20.4 Å². The van der Waals surface area contributed by atoms with Crippen molar-refractivity contribution >= 4 is 19.6 Å². The predicted molar refractivity (Wildman–Crippen MR) is 77.7 cm³/mol. The lowest BCUT2D eigenvalue weighted by Crippen LogP contribution is -2.07. The number of rotatable bonds is 9. The second-order valence-electron chi connectivity index (χ2n) is 4.89. The van der Waals surface area contributed by atoms with Gasteiger partial charge in [0.1, 0.15) is 11.5 Å². The second-order valence-corrected chi connectivity index (χ2v) is 6.13. The molecule has 1 aromatic rings. The maximum Gasteiger partial charge on any atom is 0.469 e. The van der Waals surface area contributed by atoms with Gasteiger partial charge >= 0.3 is 13.8 Å². The molecule has 0 radical (unpaired) electrons. The Hall–Kier alpha value is -1.80. The third-order valence-electron chi connectivity index (χ3n) is 3.09. The summed E-state index contributed by atoms with van der Waals surface area (Å²) in [4.78, 5) is 43.4. The Labute approximate surface area is 132 Å². The Morgan fingerprint density at radius 1 is 1.26 bits per heavy atom. The molecule has 1 aromatic heterocycles. The number of aromatic nitrogens is 1. The number of ketones is 1. The van der Waals surface area contributed by atoms with E-state index in [0.717, 1.165) is 0 Å². The van der Waals surface area contributed by atoms with E-state index in [2.05, 4.69) is 9.51 Å². The molecule has 0 aliphatic carbocycles. The first kappa shape index (κ1) is 19.2. The predicted octanol–water partition coefficient (Wildman–Crippen LogP) is 1.07. The summed E-state index contributed by atoms with van der Waals surface area (Å²) in [5.41, 5.74) is 0.856. The number of carboxylic acids is 1. The smallest absolute Gasteiger partial charge is 0.469 e. The number of aryl methyl sites for hydroxylation is 1. The largest absolute Gasteiger partial charge is 0.506 e. The number of Topliss-reactive ketones (excluding diaryl/α,β-unsaturated/α-hetero) is 1. The Balaban J connectivity index is 2.82. The molecule has 10 heteroatoms. The molecule has 9 nitrogen and oxygen atoms in total. The number of pyridine rings is 1. The van der Waals surface area contributed by atoms with Crippen LogP contribution in [0.3, 0.4) is 0 Å². The van der Waals surface area contributed by atoms with Crippen LogP contribution in [0.5, 0.6) is 5.75 Å². The molecule has 1 heterocycles. The second kappa shape index (κ2) is 8.16. The van der Waals surface area contributed by atoms with Gasteiger partial charge in [0.25, 0.3) is 0 Å². The quantitative estimate of drug-likeness (QED) is 0.480. The van der Waals surface area contributed by atoms with Gasteiger partial charge in [-0.25, -0.2) is 4.57 Å². The minimum atomic E-state index is -4.68. The summed E-state index contributed by atoms with van der Waals surface area (Å²) in [5, 5.41) is 18.5. The molecule has 0 spiro atoms. The highest BCUT2D eigenvalue weighted by Crippen LogP contribution is 2.38. The normalized spacial score (nSPS) is 11.4. The van der Waals surface area contributed by atoms with Crippen LogP contribution in [0.25, 0.3) is 0 Å². The number of carbonyl (C=O) groups excluding carboxylic acids is 1. The molecule has 0 saturated carbocycles. The van der Waals surface area contributed by atoms with Gasteiger partial charge < -0.3 is 20.0 Å². The molecule has 128 valence electrons. The van der Waals surface area contributed by atoms with Crippen molar-refractivity contribution in [2.24, 2.45) is 0 Å². The van der Waals surface area contributed by atoms with Crippen molar-refractivity contribution in [2.75, 3.05) is 0 Å². The number of hydrogen-bond acceptors (Lipinski definition) is 6. The molecule has 0 atom stereocenters. The van der Waals surface area contributed by atoms with Crippen molar-refractivity contribution in [1.29, 1.82) is 0 Å². The van der Waals surface area contributed by atoms with Crippen LogP contribution < -0.4 is 0 Å². The third-order valence-corrected chi connectivity index (χ3v) is 3.56. The topological polar surface area (TPSA) is 154 Å². The van der Waals surface area contributed by atoms with Crippen molar-refractivity contribution in [2.45, 2.75) is 39.2 Å². The summed E-state index contributed by atoms with van der Waals surface area (Å²) in [6.45, 7) is 1.07. The number of phosphoric acid groups is 1. The van der Waals surface area contributed by atoms with Gasteiger partial charge in [-0.2, -0.15) is 0 Å². The summed E-state index contributed by atoms with van der Waals surface area (Å²) in [6.07, 6.45) is 1.01. The summed E-state index contributed by atoms with van der Waals surface area (Å²) >= 11 is 0. The van der Waals surface area contributed by atoms with Crippen LogP contribution in [0.1, 0.15) is 36.1 Å². The Morgan fingerprint density at radius 3 is 2.48 bits per heavy atom. The van der Waals surface area contributed by atoms with E-state index in [1.165, 1.54) is 6.20 Å². The number of hydrogen-bond donors (Lipinski definition) is 4. The van der Waals surface area contributed by atoms with Gasteiger partial charge in [-0.15, -0.1) is 0 Å². The van der Waals surface area contributed by atoms with Gasteiger partial charge in [0.05, 0.1) is 18.7 Å². The first-order chi connectivity index (χ1) is 10.6. The molecule has 0 fully saturated rings. The van der Waals surface area contributed by atoms with E-state index in [-0.39, 0.29) is 42.8 Å². The fourth-order valence-corrected chi connectivity index (χ4v) is 2.18.